The second-order valence-electron chi connectivity index (χ2n) is 5.87. The molecule has 0 amide bonds. The highest BCUT2D eigenvalue weighted by molar-refractivity contribution is 9.10. The summed E-state index contributed by atoms with van der Waals surface area (Å²) >= 11 is 3.56. The van der Waals surface area contributed by atoms with Gasteiger partial charge in [-0.15, -0.1) is 0 Å². The van der Waals surface area contributed by atoms with Gasteiger partial charge in [0.1, 0.15) is 0 Å². The van der Waals surface area contributed by atoms with Crippen LogP contribution in [0.5, 0.6) is 0 Å². The van der Waals surface area contributed by atoms with Crippen molar-refractivity contribution in [3.05, 3.63) is 27.7 Å². The van der Waals surface area contributed by atoms with Crippen molar-refractivity contribution < 1.29 is 0 Å². The van der Waals surface area contributed by atoms with Crippen LogP contribution in [0.15, 0.2) is 16.6 Å². The van der Waals surface area contributed by atoms with E-state index in [1.54, 1.807) is 0 Å². The number of benzene rings is 1. The summed E-state index contributed by atoms with van der Waals surface area (Å²) in [6, 6.07) is 6.53. The first kappa shape index (κ1) is 12.5. The van der Waals surface area contributed by atoms with Crippen LogP contribution in [0.25, 0.3) is 0 Å². The molecule has 2 nitrogen and oxygen atoms in total. The predicted molar refractivity (Wildman–Crippen MR) is 80.2 cm³/mol. The van der Waals surface area contributed by atoms with Crippen molar-refractivity contribution in [2.45, 2.75) is 57.7 Å². The molecule has 2 fully saturated rings. The van der Waals surface area contributed by atoms with E-state index in [4.69, 9.17) is 0 Å². The molecule has 18 heavy (non-hydrogen) atoms. The third-order valence-electron chi connectivity index (χ3n) is 4.32. The first-order valence-corrected chi connectivity index (χ1v) is 7.70. The van der Waals surface area contributed by atoms with Crippen molar-refractivity contribution in [2.24, 2.45) is 0 Å². The molecule has 1 aromatic carbocycles. The van der Waals surface area contributed by atoms with Gasteiger partial charge in [0.25, 0.3) is 0 Å². The largest absolute Gasteiger partial charge is 0.382 e. The molecule has 2 aliphatic heterocycles. The molecule has 0 spiro atoms. The first-order chi connectivity index (χ1) is 8.61. The Morgan fingerprint density at radius 2 is 1.67 bits per heavy atom. The molecule has 2 unspecified atom stereocenters. The molecule has 2 heterocycles. The van der Waals surface area contributed by atoms with Gasteiger partial charge in [-0.3, -0.25) is 0 Å². The van der Waals surface area contributed by atoms with Gasteiger partial charge in [0.2, 0.25) is 0 Å². The summed E-state index contributed by atoms with van der Waals surface area (Å²) in [5.74, 6) is 0. The van der Waals surface area contributed by atoms with Gasteiger partial charge < -0.3 is 10.6 Å². The van der Waals surface area contributed by atoms with E-state index in [0.717, 1.165) is 12.1 Å². The number of nitrogens with one attached hydrogen (secondary N) is 2. The summed E-state index contributed by atoms with van der Waals surface area (Å²) in [6.45, 7) is 4.38. The van der Waals surface area contributed by atoms with E-state index in [-0.39, 0.29) is 0 Å². The van der Waals surface area contributed by atoms with Crippen LogP contribution in [0.2, 0.25) is 0 Å². The highest BCUT2D eigenvalue weighted by atomic mass is 79.9. The van der Waals surface area contributed by atoms with E-state index in [9.17, 15) is 0 Å². The molecule has 0 aliphatic carbocycles. The Bertz CT molecular complexity index is 423. The van der Waals surface area contributed by atoms with Crippen LogP contribution in [0.3, 0.4) is 0 Å². The third kappa shape index (κ3) is 2.43. The molecule has 2 bridgehead atoms. The number of aryl methyl sites for hydroxylation is 2. The van der Waals surface area contributed by atoms with E-state index in [2.05, 4.69) is 52.5 Å². The van der Waals surface area contributed by atoms with Crippen LogP contribution in [0, 0.1) is 13.8 Å². The molecule has 98 valence electrons. The first-order valence-electron chi connectivity index (χ1n) is 6.91. The number of fused-ring (bicyclic) bond motifs is 2. The van der Waals surface area contributed by atoms with Crippen molar-refractivity contribution >= 4 is 21.6 Å². The smallest absolute Gasteiger partial charge is 0.0402 e. The number of hydrogen-bond donors (Lipinski definition) is 2. The fourth-order valence-corrected chi connectivity index (χ4v) is 4.20. The quantitative estimate of drug-likeness (QED) is 0.869. The molecule has 0 saturated carbocycles. The molecule has 3 heteroatoms. The van der Waals surface area contributed by atoms with Crippen LogP contribution in [0.1, 0.15) is 36.8 Å². The normalized spacial score (nSPS) is 30.5. The van der Waals surface area contributed by atoms with Crippen LogP contribution in [-0.2, 0) is 0 Å². The van der Waals surface area contributed by atoms with Gasteiger partial charge in [0.15, 0.2) is 0 Å². The molecular weight excluding hydrogens is 288 g/mol. The van der Waals surface area contributed by atoms with Crippen molar-refractivity contribution in [1.29, 1.82) is 0 Å². The van der Waals surface area contributed by atoms with E-state index in [1.165, 1.54) is 47.0 Å². The third-order valence-corrected chi connectivity index (χ3v) is 4.78. The van der Waals surface area contributed by atoms with Crippen LogP contribution in [0.4, 0.5) is 5.69 Å². The summed E-state index contributed by atoms with van der Waals surface area (Å²) in [5.41, 5.74) is 4.02. The Labute approximate surface area is 118 Å². The van der Waals surface area contributed by atoms with Crippen molar-refractivity contribution in [1.82, 2.24) is 5.32 Å². The summed E-state index contributed by atoms with van der Waals surface area (Å²) in [7, 11) is 0. The number of piperidine rings is 1. The molecule has 0 radical (unpaired) electrons. The van der Waals surface area contributed by atoms with E-state index < -0.39 is 0 Å². The predicted octanol–water partition coefficient (Wildman–Crippen LogP) is 3.76. The Hall–Kier alpha value is -0.540. The van der Waals surface area contributed by atoms with Gasteiger partial charge >= 0.3 is 0 Å². The van der Waals surface area contributed by atoms with Crippen LogP contribution < -0.4 is 10.6 Å². The SMILES string of the molecule is Cc1cc(Br)cc(C)c1NC1CC2CCC(C1)N2. The molecule has 0 aromatic heterocycles. The van der Waals surface area contributed by atoms with Crippen molar-refractivity contribution in [3.63, 3.8) is 0 Å². The Balaban J connectivity index is 1.77. The maximum absolute atomic E-state index is 3.78. The minimum Gasteiger partial charge on any atom is -0.382 e. The van der Waals surface area contributed by atoms with Gasteiger partial charge in [0, 0.05) is 28.3 Å². The molecule has 2 N–H and O–H groups in total. The van der Waals surface area contributed by atoms with Crippen molar-refractivity contribution in [2.75, 3.05) is 5.32 Å². The summed E-state index contributed by atoms with van der Waals surface area (Å²) in [5, 5.41) is 7.48. The fourth-order valence-electron chi connectivity index (χ4n) is 3.52. The second-order valence-corrected chi connectivity index (χ2v) is 6.78. The average Bonchev–Trinajstić information content (AvgIpc) is 2.63. The minimum atomic E-state index is 0.641. The summed E-state index contributed by atoms with van der Waals surface area (Å²) in [6.07, 6.45) is 5.26. The van der Waals surface area contributed by atoms with E-state index in [0.29, 0.717) is 6.04 Å². The second kappa shape index (κ2) is 4.86. The van der Waals surface area contributed by atoms with Crippen LogP contribution >= 0.6 is 15.9 Å². The van der Waals surface area contributed by atoms with Crippen LogP contribution in [-0.4, -0.2) is 18.1 Å². The van der Waals surface area contributed by atoms with E-state index >= 15 is 0 Å². The zero-order valence-corrected chi connectivity index (χ0v) is 12.7. The molecule has 3 rings (SSSR count). The fraction of sp³-hybridized carbons (Fsp3) is 0.600. The van der Waals surface area contributed by atoms with Crippen molar-refractivity contribution in [3.8, 4) is 0 Å². The molecule has 2 aliphatic rings. The molecule has 2 atom stereocenters. The molecule has 1 aromatic rings. The standard InChI is InChI=1S/C15H21BrN2/c1-9-5-11(16)6-10(2)15(9)18-14-7-12-3-4-13(8-14)17-12/h5-6,12-14,17-18H,3-4,7-8H2,1-2H3. The molecular formula is C15H21BrN2. The maximum atomic E-state index is 3.78. The number of hydrogen-bond acceptors (Lipinski definition) is 2. The monoisotopic (exact) mass is 308 g/mol. The zero-order chi connectivity index (χ0) is 12.7. The van der Waals surface area contributed by atoms with E-state index in [1.807, 2.05) is 0 Å². The lowest BCUT2D eigenvalue weighted by Gasteiger charge is -2.31. The highest BCUT2D eigenvalue weighted by Crippen LogP contribution is 2.31. The van der Waals surface area contributed by atoms with Gasteiger partial charge in [0.05, 0.1) is 0 Å². The Morgan fingerprint density at radius 3 is 2.22 bits per heavy atom. The van der Waals surface area contributed by atoms with Gasteiger partial charge in [-0.2, -0.15) is 0 Å². The Kier molecular flexibility index (Phi) is 3.37. The molecule has 2 saturated heterocycles. The van der Waals surface area contributed by atoms with Gasteiger partial charge in [-0.1, -0.05) is 15.9 Å². The highest BCUT2D eigenvalue weighted by Gasteiger charge is 2.33. The number of anilines is 1. The van der Waals surface area contributed by atoms with Gasteiger partial charge in [-0.25, -0.2) is 0 Å². The zero-order valence-electron chi connectivity index (χ0n) is 11.1. The lowest BCUT2D eigenvalue weighted by Crippen LogP contribution is -2.43. The summed E-state index contributed by atoms with van der Waals surface area (Å²) < 4.78 is 1.17. The average molecular weight is 309 g/mol. The summed E-state index contributed by atoms with van der Waals surface area (Å²) in [4.78, 5) is 0. The number of rotatable bonds is 2. The maximum Gasteiger partial charge on any atom is 0.0402 e. The van der Waals surface area contributed by atoms with Gasteiger partial charge in [-0.05, 0) is 62.8 Å². The Morgan fingerprint density at radius 1 is 1.11 bits per heavy atom. The number of halogens is 1. The lowest BCUT2D eigenvalue weighted by atomic mass is 9.98. The topological polar surface area (TPSA) is 24.1 Å². The minimum absolute atomic E-state index is 0.641. The lowest BCUT2D eigenvalue weighted by molar-refractivity contribution is 0.378.